The maximum atomic E-state index is 13.5. The number of rotatable bonds is 7. The first-order valence-corrected chi connectivity index (χ1v) is 8.22. The number of carbonyl (C=O) groups excluding carboxylic acids is 1. The fourth-order valence-corrected chi connectivity index (χ4v) is 2.51. The highest BCUT2D eigenvalue weighted by atomic mass is 19.1. The third-order valence-corrected chi connectivity index (χ3v) is 3.90. The number of morpholine rings is 1. The van der Waals surface area contributed by atoms with Gasteiger partial charge in [0.2, 0.25) is 0 Å². The molecule has 25 heavy (non-hydrogen) atoms. The first-order chi connectivity index (χ1) is 12.2. The Kier molecular flexibility index (Phi) is 5.97. The van der Waals surface area contributed by atoms with Crippen LogP contribution >= 0.6 is 0 Å². The molecule has 2 N–H and O–H groups in total. The molecule has 134 valence electrons. The van der Waals surface area contributed by atoms with Gasteiger partial charge < -0.3 is 14.8 Å². The monoisotopic (exact) mass is 348 g/mol. The third-order valence-electron chi connectivity index (χ3n) is 3.90. The molecule has 1 aromatic carbocycles. The predicted octanol–water partition coefficient (Wildman–Crippen LogP) is 1.19. The minimum atomic E-state index is -0.428. The Hall–Kier alpha value is -2.45. The summed E-state index contributed by atoms with van der Waals surface area (Å²) in [5, 5.41) is 9.54. The summed E-state index contributed by atoms with van der Waals surface area (Å²) in [7, 11) is 0. The van der Waals surface area contributed by atoms with Crippen LogP contribution < -0.4 is 10.1 Å². The van der Waals surface area contributed by atoms with Gasteiger partial charge in [0.05, 0.1) is 18.9 Å². The van der Waals surface area contributed by atoms with E-state index >= 15 is 0 Å². The fraction of sp³-hybridized carbons (Fsp3) is 0.412. The van der Waals surface area contributed by atoms with Crippen LogP contribution in [-0.4, -0.2) is 60.4 Å². The normalized spacial score (nSPS) is 15.1. The zero-order valence-corrected chi connectivity index (χ0v) is 13.8. The van der Waals surface area contributed by atoms with Crippen LogP contribution in [0.4, 0.5) is 4.39 Å². The smallest absolute Gasteiger partial charge is 0.271 e. The summed E-state index contributed by atoms with van der Waals surface area (Å²) < 4.78 is 24.2. The number of carbonyl (C=O) groups is 1. The lowest BCUT2D eigenvalue weighted by Crippen LogP contribution is -2.41. The highest BCUT2D eigenvalue weighted by molar-refractivity contribution is 5.92. The van der Waals surface area contributed by atoms with Gasteiger partial charge in [0.15, 0.2) is 11.6 Å². The van der Waals surface area contributed by atoms with Crippen LogP contribution in [0.3, 0.4) is 0 Å². The summed E-state index contributed by atoms with van der Waals surface area (Å²) in [6.07, 6.45) is 0. The van der Waals surface area contributed by atoms with E-state index in [1.54, 1.807) is 24.3 Å². The van der Waals surface area contributed by atoms with Gasteiger partial charge in [-0.25, -0.2) is 4.39 Å². The number of hydrogen-bond acceptors (Lipinski definition) is 5. The molecule has 1 saturated heterocycles. The average molecular weight is 348 g/mol. The predicted molar refractivity (Wildman–Crippen MR) is 88.9 cm³/mol. The second-order valence-corrected chi connectivity index (χ2v) is 5.71. The molecule has 1 amide bonds. The molecule has 0 radical (unpaired) electrons. The first-order valence-electron chi connectivity index (χ1n) is 8.22. The van der Waals surface area contributed by atoms with Crippen molar-refractivity contribution in [2.75, 3.05) is 39.4 Å². The van der Waals surface area contributed by atoms with Crippen molar-refractivity contribution in [3.05, 3.63) is 47.5 Å². The minimum Gasteiger partial charge on any atom is -0.484 e. The van der Waals surface area contributed by atoms with Crippen LogP contribution in [0.25, 0.3) is 0 Å². The Morgan fingerprint density at radius 3 is 2.96 bits per heavy atom. The lowest BCUT2D eigenvalue weighted by molar-refractivity contribution is 0.0383. The van der Waals surface area contributed by atoms with E-state index in [2.05, 4.69) is 20.4 Å². The van der Waals surface area contributed by atoms with Crippen molar-refractivity contribution in [2.24, 2.45) is 0 Å². The molecular formula is C17H21FN4O3. The highest BCUT2D eigenvalue weighted by Crippen LogP contribution is 2.16. The molecule has 1 fully saturated rings. The van der Waals surface area contributed by atoms with Crippen molar-refractivity contribution in [3.63, 3.8) is 0 Å². The van der Waals surface area contributed by atoms with Gasteiger partial charge >= 0.3 is 0 Å². The number of amides is 1. The molecule has 1 aromatic heterocycles. The molecular weight excluding hydrogens is 327 g/mol. The van der Waals surface area contributed by atoms with Crippen LogP contribution in [0.15, 0.2) is 30.3 Å². The van der Waals surface area contributed by atoms with Gasteiger partial charge in [0.1, 0.15) is 12.3 Å². The van der Waals surface area contributed by atoms with E-state index in [9.17, 15) is 9.18 Å². The standard InChI is InChI=1S/C17H21FN4O3/c18-14-3-1-2-4-16(14)25-12-13-11-15(21-20-13)17(23)19-5-6-22-7-9-24-10-8-22/h1-4,11H,5-10,12H2,(H,19,23)(H,20,21). The number of aromatic amines is 1. The molecule has 0 saturated carbocycles. The number of nitrogens with one attached hydrogen (secondary N) is 2. The second kappa shape index (κ2) is 8.59. The second-order valence-electron chi connectivity index (χ2n) is 5.71. The van der Waals surface area contributed by atoms with Crippen molar-refractivity contribution >= 4 is 5.91 Å². The molecule has 7 nitrogen and oxygen atoms in total. The quantitative estimate of drug-likeness (QED) is 0.786. The summed E-state index contributed by atoms with van der Waals surface area (Å²) in [5.41, 5.74) is 0.885. The fourth-order valence-electron chi connectivity index (χ4n) is 2.51. The van der Waals surface area contributed by atoms with E-state index in [-0.39, 0.29) is 24.0 Å². The highest BCUT2D eigenvalue weighted by Gasteiger charge is 2.13. The topological polar surface area (TPSA) is 79.5 Å². The van der Waals surface area contributed by atoms with Crippen LogP contribution in [0.5, 0.6) is 5.75 Å². The number of aromatic nitrogens is 2. The summed E-state index contributed by atoms with van der Waals surface area (Å²) in [6, 6.07) is 7.77. The van der Waals surface area contributed by atoms with Crippen molar-refractivity contribution < 1.29 is 18.7 Å². The number of H-pyrrole nitrogens is 1. The lowest BCUT2D eigenvalue weighted by Gasteiger charge is -2.26. The molecule has 0 aliphatic carbocycles. The third kappa shape index (κ3) is 5.01. The molecule has 3 rings (SSSR count). The average Bonchev–Trinajstić information content (AvgIpc) is 3.11. The van der Waals surface area contributed by atoms with E-state index in [4.69, 9.17) is 9.47 Å². The van der Waals surface area contributed by atoms with Gasteiger partial charge in [-0.1, -0.05) is 12.1 Å². The largest absolute Gasteiger partial charge is 0.484 e. The summed E-state index contributed by atoms with van der Waals surface area (Å²) >= 11 is 0. The maximum Gasteiger partial charge on any atom is 0.271 e. The zero-order chi connectivity index (χ0) is 17.5. The Bertz CT molecular complexity index is 701. The first kappa shape index (κ1) is 17.4. The molecule has 8 heteroatoms. The molecule has 0 spiro atoms. The summed E-state index contributed by atoms with van der Waals surface area (Å²) in [6.45, 7) is 4.67. The van der Waals surface area contributed by atoms with E-state index in [0.29, 0.717) is 12.2 Å². The molecule has 0 atom stereocenters. The molecule has 0 bridgehead atoms. The van der Waals surface area contributed by atoms with E-state index < -0.39 is 5.82 Å². The molecule has 2 heterocycles. The molecule has 0 unspecified atom stereocenters. The summed E-state index contributed by atoms with van der Waals surface area (Å²) in [5.74, 6) is -0.515. The van der Waals surface area contributed by atoms with Crippen LogP contribution in [0.2, 0.25) is 0 Å². The van der Waals surface area contributed by atoms with Gasteiger partial charge in [-0.3, -0.25) is 14.8 Å². The Balaban J connectivity index is 1.44. The number of para-hydroxylation sites is 1. The molecule has 2 aromatic rings. The Labute approximate surface area is 145 Å². The zero-order valence-electron chi connectivity index (χ0n) is 13.8. The number of benzene rings is 1. The van der Waals surface area contributed by atoms with E-state index in [1.165, 1.54) is 6.07 Å². The summed E-state index contributed by atoms with van der Waals surface area (Å²) in [4.78, 5) is 14.3. The van der Waals surface area contributed by atoms with Crippen molar-refractivity contribution in [1.82, 2.24) is 20.4 Å². The van der Waals surface area contributed by atoms with Crippen LogP contribution in [-0.2, 0) is 11.3 Å². The Morgan fingerprint density at radius 1 is 1.36 bits per heavy atom. The number of hydrogen-bond donors (Lipinski definition) is 2. The van der Waals surface area contributed by atoms with Crippen molar-refractivity contribution in [2.45, 2.75) is 6.61 Å². The number of nitrogens with zero attached hydrogens (tertiary/aromatic N) is 2. The van der Waals surface area contributed by atoms with Gasteiger partial charge in [-0.05, 0) is 18.2 Å². The maximum absolute atomic E-state index is 13.5. The van der Waals surface area contributed by atoms with Gasteiger partial charge in [0.25, 0.3) is 5.91 Å². The van der Waals surface area contributed by atoms with Crippen molar-refractivity contribution in [3.8, 4) is 5.75 Å². The number of halogens is 1. The SMILES string of the molecule is O=C(NCCN1CCOCC1)c1cc(COc2ccccc2F)[nH]n1. The minimum absolute atomic E-state index is 0.106. The van der Waals surface area contributed by atoms with E-state index in [0.717, 1.165) is 32.8 Å². The van der Waals surface area contributed by atoms with Crippen molar-refractivity contribution in [1.29, 1.82) is 0 Å². The lowest BCUT2D eigenvalue weighted by atomic mass is 10.3. The van der Waals surface area contributed by atoms with Gasteiger partial charge in [-0.2, -0.15) is 5.10 Å². The van der Waals surface area contributed by atoms with E-state index in [1.807, 2.05) is 0 Å². The molecule has 1 aliphatic heterocycles. The molecule has 1 aliphatic rings. The van der Waals surface area contributed by atoms with Crippen LogP contribution in [0.1, 0.15) is 16.2 Å². The van der Waals surface area contributed by atoms with Gasteiger partial charge in [-0.15, -0.1) is 0 Å². The Morgan fingerprint density at radius 2 is 2.16 bits per heavy atom. The number of ether oxygens (including phenoxy) is 2. The van der Waals surface area contributed by atoms with Gasteiger partial charge in [0, 0.05) is 26.2 Å². The van der Waals surface area contributed by atoms with Crippen LogP contribution in [0, 0.1) is 5.82 Å².